The smallest absolute Gasteiger partial charge is 0.0497 e. The fraction of sp³-hybridized carbons (Fsp3) is 0.515. The van der Waals surface area contributed by atoms with E-state index in [2.05, 4.69) is 61.0 Å². The average molecular weight is 458 g/mol. The van der Waals surface area contributed by atoms with Gasteiger partial charge >= 0.3 is 0 Å². The number of aryl methyl sites for hydroxylation is 1. The molecule has 0 fully saturated rings. The van der Waals surface area contributed by atoms with Gasteiger partial charge in [-0.15, -0.1) is 0 Å². The number of aromatic nitrogens is 1. The summed E-state index contributed by atoms with van der Waals surface area (Å²) in [5.41, 5.74) is 5.05. The molecule has 0 atom stereocenters. The van der Waals surface area contributed by atoms with Gasteiger partial charge in [-0.25, -0.2) is 0 Å². The molecular formula is C33H47N. The maximum atomic E-state index is 3.97. The molecule has 34 heavy (non-hydrogen) atoms. The normalized spacial score (nSPS) is 11.4. The highest BCUT2D eigenvalue weighted by Crippen LogP contribution is 2.31. The molecule has 0 saturated carbocycles. The van der Waals surface area contributed by atoms with Crippen molar-refractivity contribution < 1.29 is 0 Å². The molecule has 0 aliphatic rings. The lowest BCUT2D eigenvalue weighted by atomic mass is 10.0. The maximum absolute atomic E-state index is 3.97. The summed E-state index contributed by atoms with van der Waals surface area (Å²) in [5, 5.41) is 2.69. The zero-order valence-corrected chi connectivity index (χ0v) is 21.8. The van der Waals surface area contributed by atoms with Crippen molar-refractivity contribution in [3.8, 4) is 0 Å². The third kappa shape index (κ3) is 7.62. The van der Waals surface area contributed by atoms with Crippen molar-refractivity contribution in [3.63, 3.8) is 0 Å². The molecular weight excluding hydrogens is 410 g/mol. The number of rotatable bonds is 18. The van der Waals surface area contributed by atoms with Crippen molar-refractivity contribution in [1.82, 2.24) is 4.57 Å². The Balaban J connectivity index is 1.38. The predicted octanol–water partition coefficient (Wildman–Crippen LogP) is 11.0. The molecule has 0 aliphatic carbocycles. The molecule has 3 aromatic rings. The van der Waals surface area contributed by atoms with Crippen molar-refractivity contribution in [2.45, 2.75) is 110 Å². The summed E-state index contributed by atoms with van der Waals surface area (Å²) in [6, 6.07) is 13.4. The van der Waals surface area contributed by atoms with E-state index in [0.29, 0.717) is 0 Å². The molecule has 0 radical (unpaired) electrons. The van der Waals surface area contributed by atoms with Crippen molar-refractivity contribution in [3.05, 3.63) is 60.7 Å². The topological polar surface area (TPSA) is 4.93 Å². The minimum Gasteiger partial charge on any atom is -0.340 e. The van der Waals surface area contributed by atoms with Crippen LogP contribution in [0.2, 0.25) is 0 Å². The van der Waals surface area contributed by atoms with Gasteiger partial charge in [0.1, 0.15) is 0 Å². The van der Waals surface area contributed by atoms with E-state index in [4.69, 9.17) is 0 Å². The van der Waals surface area contributed by atoms with E-state index in [9.17, 15) is 0 Å². The highest BCUT2D eigenvalue weighted by atomic mass is 15.0. The highest BCUT2D eigenvalue weighted by molar-refractivity contribution is 6.09. The van der Waals surface area contributed by atoms with Gasteiger partial charge in [0.2, 0.25) is 0 Å². The van der Waals surface area contributed by atoms with Crippen molar-refractivity contribution in [2.75, 3.05) is 0 Å². The first kappa shape index (κ1) is 26.3. The van der Waals surface area contributed by atoms with Crippen LogP contribution in [0.1, 0.15) is 114 Å². The number of unbranched alkanes of at least 4 members (excludes halogenated alkanes) is 14. The second kappa shape index (κ2) is 14.9. The van der Waals surface area contributed by atoms with Gasteiger partial charge in [0, 0.05) is 28.4 Å². The first-order chi connectivity index (χ1) is 16.8. The van der Waals surface area contributed by atoms with E-state index >= 15 is 0 Å². The van der Waals surface area contributed by atoms with E-state index in [1.54, 1.807) is 0 Å². The fourth-order valence-electron chi connectivity index (χ4n) is 5.27. The Morgan fingerprint density at radius 2 is 0.941 bits per heavy atom. The van der Waals surface area contributed by atoms with Crippen LogP contribution in [0.4, 0.5) is 0 Å². The van der Waals surface area contributed by atoms with Gasteiger partial charge < -0.3 is 4.57 Å². The molecule has 0 saturated heterocycles. The Kier molecular flexibility index (Phi) is 11.5. The van der Waals surface area contributed by atoms with Gasteiger partial charge in [-0.2, -0.15) is 0 Å². The van der Waals surface area contributed by atoms with Gasteiger partial charge in [-0.1, -0.05) is 146 Å². The third-order valence-electron chi connectivity index (χ3n) is 7.37. The number of hydrogen-bond acceptors (Lipinski definition) is 0. The van der Waals surface area contributed by atoms with Crippen LogP contribution in [-0.2, 0) is 6.54 Å². The molecule has 0 N–H and O–H groups in total. The first-order valence-electron chi connectivity index (χ1n) is 14.1. The fourth-order valence-corrected chi connectivity index (χ4v) is 5.27. The second-order valence-electron chi connectivity index (χ2n) is 10.1. The number of benzene rings is 2. The molecule has 1 heteroatoms. The van der Waals surface area contributed by atoms with Crippen LogP contribution in [0, 0.1) is 0 Å². The highest BCUT2D eigenvalue weighted by Gasteiger charge is 2.11. The lowest BCUT2D eigenvalue weighted by molar-refractivity contribution is 0.526. The third-order valence-corrected chi connectivity index (χ3v) is 7.37. The Morgan fingerprint density at radius 3 is 1.32 bits per heavy atom. The maximum Gasteiger partial charge on any atom is 0.0497 e. The van der Waals surface area contributed by atoms with Crippen molar-refractivity contribution in [2.24, 2.45) is 0 Å². The van der Waals surface area contributed by atoms with E-state index < -0.39 is 0 Å². The summed E-state index contributed by atoms with van der Waals surface area (Å²) in [5.74, 6) is 0. The summed E-state index contributed by atoms with van der Waals surface area (Å²) >= 11 is 0. The summed E-state index contributed by atoms with van der Waals surface area (Å²) in [4.78, 5) is 0. The summed E-state index contributed by atoms with van der Waals surface area (Å²) in [6.07, 6.45) is 25.0. The lowest BCUT2D eigenvalue weighted by Gasteiger charge is -2.09. The van der Waals surface area contributed by atoms with Crippen LogP contribution in [0.5, 0.6) is 0 Å². The molecule has 0 unspecified atom stereocenters. The summed E-state index contributed by atoms with van der Waals surface area (Å²) in [7, 11) is 0. The zero-order valence-electron chi connectivity index (χ0n) is 21.8. The van der Waals surface area contributed by atoms with E-state index in [-0.39, 0.29) is 0 Å². The molecule has 0 aliphatic heterocycles. The van der Waals surface area contributed by atoms with Crippen LogP contribution in [0.3, 0.4) is 0 Å². The zero-order chi connectivity index (χ0) is 24.0. The first-order valence-corrected chi connectivity index (χ1v) is 14.1. The Hall–Kier alpha value is -2.28. The molecule has 1 aromatic heterocycles. The Bertz CT molecular complexity index is 957. The van der Waals surface area contributed by atoms with Crippen LogP contribution < -0.4 is 0 Å². The molecule has 0 amide bonds. The summed E-state index contributed by atoms with van der Waals surface area (Å²) in [6.45, 7) is 11.3. The standard InChI is InChI=1S/C33H47N/c1-4-7-8-9-10-11-12-13-14-15-16-17-18-19-20-25-34-32-26-28(5-2)21-23-30(32)31-24-22-29(6-3)27-33(31)34/h5-6,21-24,26-27H,2-4,7-20,25H2,1H3. The van der Waals surface area contributed by atoms with E-state index in [1.165, 1.54) is 129 Å². The Morgan fingerprint density at radius 1 is 0.559 bits per heavy atom. The molecule has 184 valence electrons. The number of fused-ring (bicyclic) bond motifs is 3. The molecule has 1 heterocycles. The van der Waals surface area contributed by atoms with Crippen LogP contribution in [-0.4, -0.2) is 4.57 Å². The molecule has 3 rings (SSSR count). The molecule has 1 nitrogen and oxygen atoms in total. The predicted molar refractivity (Wildman–Crippen MR) is 155 cm³/mol. The van der Waals surface area contributed by atoms with Crippen molar-refractivity contribution >= 4 is 34.0 Å². The number of hydrogen-bond donors (Lipinski definition) is 0. The van der Waals surface area contributed by atoms with Gasteiger partial charge in [-0.05, 0) is 29.7 Å². The van der Waals surface area contributed by atoms with E-state index in [0.717, 1.165) is 6.54 Å². The molecule has 2 aromatic carbocycles. The van der Waals surface area contributed by atoms with E-state index in [1.807, 2.05) is 12.2 Å². The van der Waals surface area contributed by atoms with Gasteiger partial charge in [0.05, 0.1) is 0 Å². The Labute approximate surface area is 208 Å². The minimum absolute atomic E-state index is 1.08. The quantitative estimate of drug-likeness (QED) is 0.167. The van der Waals surface area contributed by atoms with Crippen LogP contribution in [0.15, 0.2) is 49.6 Å². The van der Waals surface area contributed by atoms with Gasteiger partial charge in [-0.3, -0.25) is 0 Å². The lowest BCUT2D eigenvalue weighted by Crippen LogP contribution is -1.98. The SMILES string of the molecule is C=Cc1ccc2c3ccc(C=C)cc3n(CCCCCCCCCCCCCCCCC)c2c1. The monoisotopic (exact) mass is 457 g/mol. The molecule has 0 spiro atoms. The largest absolute Gasteiger partial charge is 0.340 e. The van der Waals surface area contributed by atoms with Crippen molar-refractivity contribution in [1.29, 1.82) is 0 Å². The van der Waals surface area contributed by atoms with Crippen LogP contribution in [0.25, 0.3) is 34.0 Å². The average Bonchev–Trinajstić information content (AvgIpc) is 3.18. The van der Waals surface area contributed by atoms with Crippen LogP contribution >= 0.6 is 0 Å². The van der Waals surface area contributed by atoms with Gasteiger partial charge in [0.15, 0.2) is 0 Å². The number of nitrogens with zero attached hydrogens (tertiary/aromatic N) is 1. The van der Waals surface area contributed by atoms with Gasteiger partial charge in [0.25, 0.3) is 0 Å². The molecule has 0 bridgehead atoms. The summed E-state index contributed by atoms with van der Waals surface area (Å²) < 4.78 is 2.52. The second-order valence-corrected chi connectivity index (χ2v) is 10.1. The minimum atomic E-state index is 1.08.